The predicted octanol–water partition coefficient (Wildman–Crippen LogP) is 2.72. The van der Waals surface area contributed by atoms with Crippen LogP contribution < -0.4 is 5.32 Å². The van der Waals surface area contributed by atoms with E-state index in [4.69, 9.17) is 4.42 Å². The summed E-state index contributed by atoms with van der Waals surface area (Å²) in [6.07, 6.45) is 4.64. The molecule has 0 spiro atoms. The molecule has 4 nitrogen and oxygen atoms in total. The molecule has 1 N–H and O–H groups in total. The van der Waals surface area contributed by atoms with E-state index in [1.807, 2.05) is 17.0 Å². The van der Waals surface area contributed by atoms with Crippen molar-refractivity contribution in [2.24, 2.45) is 0 Å². The highest BCUT2D eigenvalue weighted by atomic mass is 16.3. The lowest BCUT2D eigenvalue weighted by Crippen LogP contribution is -2.44. The van der Waals surface area contributed by atoms with Gasteiger partial charge in [0.2, 0.25) is 5.91 Å². The summed E-state index contributed by atoms with van der Waals surface area (Å²) >= 11 is 0. The maximum Gasteiger partial charge on any atom is 0.222 e. The summed E-state index contributed by atoms with van der Waals surface area (Å²) in [7, 11) is 0. The van der Waals surface area contributed by atoms with Gasteiger partial charge in [0, 0.05) is 32.0 Å². The second kappa shape index (κ2) is 7.48. The SMILES string of the molecule is CCCC(=O)N1CCC(NCc2ccc(CC)o2)CC1. The largest absolute Gasteiger partial charge is 0.465 e. The monoisotopic (exact) mass is 278 g/mol. The summed E-state index contributed by atoms with van der Waals surface area (Å²) in [5.74, 6) is 2.36. The van der Waals surface area contributed by atoms with Gasteiger partial charge in [0.25, 0.3) is 0 Å². The number of piperidine rings is 1. The summed E-state index contributed by atoms with van der Waals surface area (Å²) in [5, 5.41) is 3.54. The van der Waals surface area contributed by atoms with Crippen LogP contribution in [0.2, 0.25) is 0 Å². The highest BCUT2D eigenvalue weighted by Crippen LogP contribution is 2.14. The van der Waals surface area contributed by atoms with Gasteiger partial charge >= 0.3 is 0 Å². The van der Waals surface area contributed by atoms with Crippen molar-refractivity contribution >= 4 is 5.91 Å². The quantitative estimate of drug-likeness (QED) is 0.870. The fourth-order valence-corrected chi connectivity index (χ4v) is 2.66. The Bertz CT molecular complexity index is 420. The van der Waals surface area contributed by atoms with Crippen molar-refractivity contribution in [1.29, 1.82) is 0 Å². The van der Waals surface area contributed by atoms with Gasteiger partial charge in [0.05, 0.1) is 6.54 Å². The Labute approximate surface area is 121 Å². The minimum Gasteiger partial charge on any atom is -0.465 e. The zero-order valence-electron chi connectivity index (χ0n) is 12.7. The topological polar surface area (TPSA) is 45.5 Å². The molecule has 0 aromatic carbocycles. The Hall–Kier alpha value is -1.29. The molecule has 1 aromatic rings. The van der Waals surface area contributed by atoms with Gasteiger partial charge in [-0.25, -0.2) is 0 Å². The number of nitrogens with zero attached hydrogens (tertiary/aromatic N) is 1. The molecule has 1 fully saturated rings. The minimum atomic E-state index is 0.310. The van der Waals surface area contributed by atoms with Gasteiger partial charge < -0.3 is 14.6 Å². The molecule has 0 unspecified atom stereocenters. The second-order valence-corrected chi connectivity index (χ2v) is 5.51. The molecule has 2 heterocycles. The first-order valence-electron chi connectivity index (χ1n) is 7.81. The first-order valence-corrected chi connectivity index (χ1v) is 7.81. The van der Waals surface area contributed by atoms with Crippen molar-refractivity contribution in [1.82, 2.24) is 10.2 Å². The summed E-state index contributed by atoms with van der Waals surface area (Å²) in [6.45, 7) is 6.70. The van der Waals surface area contributed by atoms with E-state index in [0.29, 0.717) is 18.4 Å². The molecule has 1 saturated heterocycles. The maximum absolute atomic E-state index is 11.8. The average molecular weight is 278 g/mol. The average Bonchev–Trinajstić information content (AvgIpc) is 2.94. The van der Waals surface area contributed by atoms with Crippen molar-refractivity contribution in [2.45, 2.75) is 58.5 Å². The van der Waals surface area contributed by atoms with Crippen LogP contribution >= 0.6 is 0 Å². The Morgan fingerprint density at radius 2 is 2.00 bits per heavy atom. The van der Waals surface area contributed by atoms with Crippen molar-refractivity contribution in [3.05, 3.63) is 23.7 Å². The van der Waals surface area contributed by atoms with E-state index in [1.165, 1.54) is 0 Å². The van der Waals surface area contributed by atoms with Gasteiger partial charge in [-0.1, -0.05) is 13.8 Å². The number of hydrogen-bond acceptors (Lipinski definition) is 3. The molecular formula is C16H26N2O2. The molecule has 0 saturated carbocycles. The van der Waals surface area contributed by atoms with Gasteiger partial charge in [-0.3, -0.25) is 4.79 Å². The number of aryl methyl sites for hydroxylation is 1. The molecular weight excluding hydrogens is 252 g/mol. The zero-order chi connectivity index (χ0) is 14.4. The fourth-order valence-electron chi connectivity index (χ4n) is 2.66. The minimum absolute atomic E-state index is 0.310. The van der Waals surface area contributed by atoms with Crippen LogP contribution in [0.1, 0.15) is 51.1 Å². The lowest BCUT2D eigenvalue weighted by molar-refractivity contribution is -0.132. The van der Waals surface area contributed by atoms with E-state index < -0.39 is 0 Å². The van der Waals surface area contributed by atoms with E-state index in [0.717, 1.165) is 56.8 Å². The highest BCUT2D eigenvalue weighted by Gasteiger charge is 2.21. The lowest BCUT2D eigenvalue weighted by Gasteiger charge is -2.32. The van der Waals surface area contributed by atoms with E-state index in [2.05, 4.69) is 19.2 Å². The number of carbonyl (C=O) groups excluding carboxylic acids is 1. The molecule has 0 aliphatic carbocycles. The zero-order valence-corrected chi connectivity index (χ0v) is 12.7. The Kier molecular flexibility index (Phi) is 5.65. The van der Waals surface area contributed by atoms with Crippen LogP contribution in [0, 0.1) is 0 Å². The smallest absolute Gasteiger partial charge is 0.222 e. The van der Waals surface area contributed by atoms with Crippen LogP contribution in [0.4, 0.5) is 0 Å². The van der Waals surface area contributed by atoms with Crippen LogP contribution in [0.5, 0.6) is 0 Å². The van der Waals surface area contributed by atoms with Gasteiger partial charge in [0.15, 0.2) is 0 Å². The summed E-state index contributed by atoms with van der Waals surface area (Å²) < 4.78 is 5.69. The van der Waals surface area contributed by atoms with Crippen LogP contribution in [-0.2, 0) is 17.8 Å². The lowest BCUT2D eigenvalue weighted by atomic mass is 10.0. The third-order valence-corrected chi connectivity index (χ3v) is 3.94. The molecule has 112 valence electrons. The highest BCUT2D eigenvalue weighted by molar-refractivity contribution is 5.76. The Morgan fingerprint density at radius 3 is 2.60 bits per heavy atom. The van der Waals surface area contributed by atoms with Gasteiger partial charge in [-0.05, 0) is 31.4 Å². The van der Waals surface area contributed by atoms with Crippen LogP contribution in [0.15, 0.2) is 16.5 Å². The first kappa shape index (κ1) is 15.1. The van der Waals surface area contributed by atoms with E-state index >= 15 is 0 Å². The Morgan fingerprint density at radius 1 is 1.30 bits per heavy atom. The molecule has 1 amide bonds. The third kappa shape index (κ3) is 4.10. The predicted molar refractivity (Wildman–Crippen MR) is 79.4 cm³/mol. The molecule has 0 atom stereocenters. The summed E-state index contributed by atoms with van der Waals surface area (Å²) in [5.41, 5.74) is 0. The number of hydrogen-bond donors (Lipinski definition) is 1. The number of nitrogens with one attached hydrogen (secondary N) is 1. The van der Waals surface area contributed by atoms with Gasteiger partial charge in [0.1, 0.15) is 11.5 Å². The second-order valence-electron chi connectivity index (χ2n) is 5.51. The number of furan rings is 1. The molecule has 1 aliphatic rings. The van der Waals surface area contributed by atoms with Crippen LogP contribution in [0.25, 0.3) is 0 Å². The third-order valence-electron chi connectivity index (χ3n) is 3.94. The molecule has 1 aliphatic heterocycles. The molecule has 4 heteroatoms. The van der Waals surface area contributed by atoms with Crippen molar-refractivity contribution in [3.8, 4) is 0 Å². The molecule has 0 bridgehead atoms. The van der Waals surface area contributed by atoms with E-state index in [9.17, 15) is 4.79 Å². The summed E-state index contributed by atoms with van der Waals surface area (Å²) in [6, 6.07) is 4.59. The normalized spacial score (nSPS) is 16.6. The van der Waals surface area contributed by atoms with Crippen LogP contribution in [0.3, 0.4) is 0 Å². The molecule has 1 aromatic heterocycles. The first-order chi connectivity index (χ1) is 9.72. The number of likely N-dealkylation sites (tertiary alicyclic amines) is 1. The van der Waals surface area contributed by atoms with Crippen LogP contribution in [-0.4, -0.2) is 29.9 Å². The summed E-state index contributed by atoms with van der Waals surface area (Å²) in [4.78, 5) is 13.8. The van der Waals surface area contributed by atoms with E-state index in [1.54, 1.807) is 0 Å². The number of amides is 1. The molecule has 0 radical (unpaired) electrons. The molecule has 2 rings (SSSR count). The Balaban J connectivity index is 1.70. The van der Waals surface area contributed by atoms with Crippen molar-refractivity contribution in [2.75, 3.05) is 13.1 Å². The van der Waals surface area contributed by atoms with Gasteiger partial charge in [-0.15, -0.1) is 0 Å². The van der Waals surface area contributed by atoms with E-state index in [-0.39, 0.29) is 0 Å². The molecule has 20 heavy (non-hydrogen) atoms. The van der Waals surface area contributed by atoms with Gasteiger partial charge in [-0.2, -0.15) is 0 Å². The van der Waals surface area contributed by atoms with Crippen molar-refractivity contribution < 1.29 is 9.21 Å². The van der Waals surface area contributed by atoms with Crippen molar-refractivity contribution in [3.63, 3.8) is 0 Å². The number of rotatable bonds is 6. The fraction of sp³-hybridized carbons (Fsp3) is 0.688. The maximum atomic E-state index is 11.8. The standard InChI is InChI=1S/C16H26N2O2/c1-3-5-16(19)18-10-8-13(9-11-18)17-12-15-7-6-14(4-2)20-15/h6-7,13,17H,3-5,8-12H2,1-2H3. The number of carbonyl (C=O) groups is 1.